The van der Waals surface area contributed by atoms with Crippen molar-refractivity contribution in [1.29, 1.82) is 0 Å². The number of nitrogens with one attached hydrogen (secondary N) is 1. The van der Waals surface area contributed by atoms with Crippen molar-refractivity contribution in [2.75, 3.05) is 21.3 Å². The molecule has 1 aromatic heterocycles. The van der Waals surface area contributed by atoms with Crippen molar-refractivity contribution in [3.05, 3.63) is 77.2 Å². The van der Waals surface area contributed by atoms with E-state index in [-0.39, 0.29) is 24.1 Å². The quantitative estimate of drug-likeness (QED) is 0.595. The van der Waals surface area contributed by atoms with Crippen LogP contribution in [0.4, 0.5) is 0 Å². The van der Waals surface area contributed by atoms with Crippen molar-refractivity contribution in [1.82, 2.24) is 10.2 Å². The molecule has 0 saturated carbocycles. The van der Waals surface area contributed by atoms with Crippen LogP contribution in [0.1, 0.15) is 27.2 Å². The summed E-state index contributed by atoms with van der Waals surface area (Å²) in [5.41, 5.74) is 2.85. The van der Waals surface area contributed by atoms with Gasteiger partial charge in [0.15, 0.2) is 17.3 Å². The molecule has 2 heterocycles. The number of amides is 2. The highest BCUT2D eigenvalue weighted by molar-refractivity contribution is 5.96. The van der Waals surface area contributed by atoms with Gasteiger partial charge in [-0.2, -0.15) is 0 Å². The molecule has 33 heavy (non-hydrogen) atoms. The number of fused-ring (bicyclic) bond motifs is 1. The molecule has 1 unspecified atom stereocenters. The van der Waals surface area contributed by atoms with E-state index in [2.05, 4.69) is 5.32 Å². The van der Waals surface area contributed by atoms with Crippen LogP contribution in [0.2, 0.25) is 0 Å². The minimum absolute atomic E-state index is 0.205. The molecule has 1 N–H and O–H groups in total. The summed E-state index contributed by atoms with van der Waals surface area (Å²) < 4.78 is 21.4. The van der Waals surface area contributed by atoms with Crippen molar-refractivity contribution in [3.63, 3.8) is 0 Å². The van der Waals surface area contributed by atoms with Gasteiger partial charge in [-0.25, -0.2) is 0 Å². The molecule has 8 heteroatoms. The van der Waals surface area contributed by atoms with Gasteiger partial charge < -0.3 is 28.8 Å². The average Bonchev–Trinajstić information content (AvgIpc) is 3.40. The first-order valence-corrected chi connectivity index (χ1v) is 10.5. The molecule has 2 amide bonds. The maximum Gasteiger partial charge on any atom is 0.290 e. The van der Waals surface area contributed by atoms with Crippen LogP contribution in [0, 0.1) is 0 Å². The minimum Gasteiger partial charge on any atom is -0.493 e. The summed E-state index contributed by atoms with van der Waals surface area (Å²) in [5, 5.41) is 2.95. The molecule has 4 rings (SSSR count). The smallest absolute Gasteiger partial charge is 0.290 e. The topological polar surface area (TPSA) is 90.2 Å². The number of carbonyl (C=O) groups excluding carboxylic acids is 2. The third-order valence-electron chi connectivity index (χ3n) is 5.74. The molecule has 1 aliphatic heterocycles. The van der Waals surface area contributed by atoms with Crippen LogP contribution >= 0.6 is 0 Å². The Morgan fingerprint density at radius 1 is 1.00 bits per heavy atom. The standard InChI is InChI=1S/C25H26N2O6/c1-30-21-11-16(12-22(31-2)23(21)32-3)14-26-24(28)19-13-17-7-4-5-8-18(17)15-27(19)25(29)20-9-6-10-33-20/h4-12,19H,13-15H2,1-3H3,(H,26,28). The van der Waals surface area contributed by atoms with E-state index in [9.17, 15) is 9.59 Å². The van der Waals surface area contributed by atoms with E-state index in [0.29, 0.717) is 30.2 Å². The second kappa shape index (κ2) is 9.68. The summed E-state index contributed by atoms with van der Waals surface area (Å²) in [6.45, 7) is 0.564. The van der Waals surface area contributed by atoms with Gasteiger partial charge in [0.2, 0.25) is 11.7 Å². The van der Waals surface area contributed by atoms with Gasteiger partial charge in [0.25, 0.3) is 5.91 Å². The normalized spacial score (nSPS) is 14.9. The summed E-state index contributed by atoms with van der Waals surface area (Å²) >= 11 is 0. The van der Waals surface area contributed by atoms with Gasteiger partial charge in [-0.1, -0.05) is 24.3 Å². The first-order chi connectivity index (χ1) is 16.0. The maximum absolute atomic E-state index is 13.3. The summed E-state index contributed by atoms with van der Waals surface area (Å²) in [7, 11) is 4.61. The molecule has 1 atom stereocenters. The third kappa shape index (κ3) is 4.50. The number of rotatable bonds is 7. The van der Waals surface area contributed by atoms with Crippen LogP contribution in [0.25, 0.3) is 0 Å². The molecule has 0 radical (unpaired) electrons. The highest BCUT2D eigenvalue weighted by Crippen LogP contribution is 2.38. The summed E-state index contributed by atoms with van der Waals surface area (Å²) in [6, 6.07) is 14.0. The third-order valence-corrected chi connectivity index (χ3v) is 5.74. The lowest BCUT2D eigenvalue weighted by Crippen LogP contribution is -2.52. The van der Waals surface area contributed by atoms with E-state index < -0.39 is 6.04 Å². The Labute approximate surface area is 192 Å². The number of hydrogen-bond acceptors (Lipinski definition) is 6. The van der Waals surface area contributed by atoms with Crippen LogP contribution in [-0.4, -0.2) is 44.1 Å². The predicted octanol–water partition coefficient (Wildman–Crippen LogP) is 3.19. The highest BCUT2D eigenvalue weighted by atomic mass is 16.5. The first kappa shape index (κ1) is 22.3. The second-order valence-corrected chi connectivity index (χ2v) is 7.65. The SMILES string of the molecule is COc1cc(CNC(=O)C2Cc3ccccc3CN2C(=O)c2ccco2)cc(OC)c1OC. The zero-order chi connectivity index (χ0) is 23.4. The lowest BCUT2D eigenvalue weighted by atomic mass is 9.93. The number of furan rings is 1. The summed E-state index contributed by atoms with van der Waals surface area (Å²) in [4.78, 5) is 27.9. The fourth-order valence-corrected chi connectivity index (χ4v) is 4.06. The number of carbonyl (C=O) groups is 2. The van der Waals surface area contributed by atoms with E-state index in [1.165, 1.54) is 27.6 Å². The molecular weight excluding hydrogens is 424 g/mol. The molecule has 0 bridgehead atoms. The molecule has 172 valence electrons. The van der Waals surface area contributed by atoms with Crippen LogP contribution < -0.4 is 19.5 Å². The Hall–Kier alpha value is -3.94. The van der Waals surface area contributed by atoms with Crippen LogP contribution in [0.15, 0.2) is 59.2 Å². The van der Waals surface area contributed by atoms with E-state index in [4.69, 9.17) is 18.6 Å². The number of hydrogen-bond donors (Lipinski definition) is 1. The lowest BCUT2D eigenvalue weighted by Gasteiger charge is -2.35. The van der Waals surface area contributed by atoms with Crippen LogP contribution in [0.5, 0.6) is 17.2 Å². The zero-order valence-corrected chi connectivity index (χ0v) is 18.8. The molecule has 8 nitrogen and oxygen atoms in total. The summed E-state index contributed by atoms with van der Waals surface area (Å²) in [5.74, 6) is 1.12. The average molecular weight is 450 g/mol. The number of nitrogens with zero attached hydrogens (tertiary/aromatic N) is 1. The Balaban J connectivity index is 1.56. The van der Waals surface area contributed by atoms with Crippen LogP contribution in [0.3, 0.4) is 0 Å². The van der Waals surface area contributed by atoms with E-state index in [1.807, 2.05) is 24.3 Å². The molecule has 2 aromatic carbocycles. The zero-order valence-electron chi connectivity index (χ0n) is 18.8. The van der Waals surface area contributed by atoms with E-state index in [1.54, 1.807) is 29.2 Å². The molecular formula is C25H26N2O6. The Kier molecular flexibility index (Phi) is 6.53. The largest absolute Gasteiger partial charge is 0.493 e. The van der Waals surface area contributed by atoms with Gasteiger partial charge in [0.1, 0.15) is 6.04 Å². The van der Waals surface area contributed by atoms with Gasteiger partial charge >= 0.3 is 0 Å². The van der Waals surface area contributed by atoms with Crippen molar-refractivity contribution < 1.29 is 28.2 Å². The van der Waals surface area contributed by atoms with E-state index >= 15 is 0 Å². The van der Waals surface area contributed by atoms with Gasteiger partial charge in [-0.05, 0) is 41.0 Å². The molecule has 3 aromatic rings. The Morgan fingerprint density at radius 3 is 2.30 bits per heavy atom. The molecule has 0 saturated heterocycles. The van der Waals surface area contributed by atoms with Gasteiger partial charge in [0, 0.05) is 19.5 Å². The molecule has 0 spiro atoms. The number of methoxy groups -OCH3 is 3. The van der Waals surface area contributed by atoms with Crippen LogP contribution in [-0.2, 0) is 24.3 Å². The Bertz CT molecular complexity index is 1120. The van der Waals surface area contributed by atoms with Crippen molar-refractivity contribution in [2.24, 2.45) is 0 Å². The summed E-state index contributed by atoms with van der Waals surface area (Å²) in [6.07, 6.45) is 1.87. The highest BCUT2D eigenvalue weighted by Gasteiger charge is 2.35. The Morgan fingerprint density at radius 2 is 1.70 bits per heavy atom. The fourth-order valence-electron chi connectivity index (χ4n) is 4.06. The van der Waals surface area contributed by atoms with Crippen molar-refractivity contribution >= 4 is 11.8 Å². The number of ether oxygens (including phenoxy) is 3. The first-order valence-electron chi connectivity index (χ1n) is 10.5. The molecule has 0 fully saturated rings. The van der Waals surface area contributed by atoms with Gasteiger partial charge in [-0.3, -0.25) is 9.59 Å². The van der Waals surface area contributed by atoms with Crippen molar-refractivity contribution in [3.8, 4) is 17.2 Å². The van der Waals surface area contributed by atoms with Gasteiger partial charge in [0.05, 0.1) is 27.6 Å². The fraction of sp³-hybridized carbons (Fsp3) is 0.280. The van der Waals surface area contributed by atoms with E-state index in [0.717, 1.165) is 16.7 Å². The lowest BCUT2D eigenvalue weighted by molar-refractivity contribution is -0.126. The number of benzene rings is 2. The second-order valence-electron chi connectivity index (χ2n) is 7.65. The predicted molar refractivity (Wildman–Crippen MR) is 120 cm³/mol. The van der Waals surface area contributed by atoms with Crippen molar-refractivity contribution in [2.45, 2.75) is 25.6 Å². The maximum atomic E-state index is 13.3. The minimum atomic E-state index is -0.667. The molecule has 0 aliphatic carbocycles. The van der Waals surface area contributed by atoms with Gasteiger partial charge in [-0.15, -0.1) is 0 Å². The molecule has 1 aliphatic rings. The monoisotopic (exact) mass is 450 g/mol.